The fraction of sp³-hybridized carbons (Fsp3) is 0.350. The van der Waals surface area contributed by atoms with Crippen molar-refractivity contribution < 1.29 is 9.53 Å². The van der Waals surface area contributed by atoms with Crippen molar-refractivity contribution in [3.8, 4) is 5.75 Å². The van der Waals surface area contributed by atoms with E-state index < -0.39 is 6.09 Å². The van der Waals surface area contributed by atoms with E-state index in [4.69, 9.17) is 16.3 Å². The molecule has 0 radical (unpaired) electrons. The predicted molar refractivity (Wildman–Crippen MR) is 100 cm³/mol. The van der Waals surface area contributed by atoms with Crippen LogP contribution in [0.4, 0.5) is 10.5 Å². The van der Waals surface area contributed by atoms with Gasteiger partial charge in [0, 0.05) is 17.8 Å². The number of aryl methyl sites for hydroxylation is 2. The van der Waals surface area contributed by atoms with Crippen molar-refractivity contribution in [3.05, 3.63) is 58.1 Å². The molecule has 1 amide bonds. The van der Waals surface area contributed by atoms with Crippen molar-refractivity contribution in [1.29, 1.82) is 0 Å². The van der Waals surface area contributed by atoms with Crippen molar-refractivity contribution in [2.45, 2.75) is 40.0 Å². The Morgan fingerprint density at radius 1 is 1.04 bits per heavy atom. The van der Waals surface area contributed by atoms with E-state index in [9.17, 15) is 4.79 Å². The lowest BCUT2D eigenvalue weighted by Crippen LogP contribution is -2.29. The van der Waals surface area contributed by atoms with Gasteiger partial charge in [0.25, 0.3) is 0 Å². The van der Waals surface area contributed by atoms with Gasteiger partial charge in [0.1, 0.15) is 5.75 Å². The Balaban J connectivity index is 2.21. The molecule has 2 rings (SSSR count). The van der Waals surface area contributed by atoms with E-state index in [0.29, 0.717) is 10.8 Å². The number of nitrogens with zero attached hydrogens (tertiary/aromatic N) is 1. The average molecular weight is 346 g/mol. The fourth-order valence-corrected chi connectivity index (χ4v) is 2.75. The second kappa shape index (κ2) is 6.86. The van der Waals surface area contributed by atoms with Gasteiger partial charge in [-0.05, 0) is 66.3 Å². The zero-order chi connectivity index (χ0) is 18.1. The second-order valence-corrected chi connectivity index (χ2v) is 7.49. The number of benzene rings is 2. The van der Waals surface area contributed by atoms with Crippen LogP contribution in [0.15, 0.2) is 36.4 Å². The lowest BCUT2D eigenvalue weighted by Gasteiger charge is -2.22. The molecule has 0 spiro atoms. The topological polar surface area (TPSA) is 29.5 Å². The zero-order valence-corrected chi connectivity index (χ0v) is 15.9. The molecule has 0 N–H and O–H groups in total. The van der Waals surface area contributed by atoms with Gasteiger partial charge < -0.3 is 4.74 Å². The number of anilines is 1. The van der Waals surface area contributed by atoms with Crippen molar-refractivity contribution in [1.82, 2.24) is 0 Å². The Morgan fingerprint density at radius 2 is 1.71 bits per heavy atom. The van der Waals surface area contributed by atoms with Crippen LogP contribution < -0.4 is 9.64 Å². The molecule has 0 aliphatic rings. The molecule has 0 bridgehead atoms. The fourth-order valence-electron chi connectivity index (χ4n) is 2.35. The SMILES string of the molecule is Cc1ccc(N(C)C(=O)Oc2ccc(Cl)c(C(C)(C)C)c2)cc1C. The van der Waals surface area contributed by atoms with Crippen molar-refractivity contribution >= 4 is 23.4 Å². The third-order valence-electron chi connectivity index (χ3n) is 4.10. The lowest BCUT2D eigenvalue weighted by atomic mass is 9.87. The minimum atomic E-state index is -0.430. The Hall–Kier alpha value is -2.00. The summed E-state index contributed by atoms with van der Waals surface area (Å²) in [6.07, 6.45) is -0.430. The highest BCUT2D eigenvalue weighted by atomic mass is 35.5. The first kappa shape index (κ1) is 18.3. The van der Waals surface area contributed by atoms with Gasteiger partial charge in [0.05, 0.1) is 0 Å². The summed E-state index contributed by atoms with van der Waals surface area (Å²) >= 11 is 6.26. The molecular formula is C20H24ClNO2. The maximum absolute atomic E-state index is 12.4. The zero-order valence-electron chi connectivity index (χ0n) is 15.1. The van der Waals surface area contributed by atoms with Crippen LogP contribution in [0.25, 0.3) is 0 Å². The highest BCUT2D eigenvalue weighted by Gasteiger charge is 2.20. The average Bonchev–Trinajstić information content (AvgIpc) is 2.50. The van der Waals surface area contributed by atoms with Crippen LogP contribution in [0.2, 0.25) is 5.02 Å². The summed E-state index contributed by atoms with van der Waals surface area (Å²) < 4.78 is 5.52. The molecule has 4 heteroatoms. The quantitative estimate of drug-likeness (QED) is 0.679. The van der Waals surface area contributed by atoms with E-state index in [1.54, 1.807) is 19.2 Å². The minimum absolute atomic E-state index is 0.126. The molecule has 0 aliphatic heterocycles. The van der Waals surface area contributed by atoms with E-state index in [2.05, 4.69) is 20.8 Å². The molecule has 0 aliphatic carbocycles. The molecule has 0 fully saturated rings. The first-order valence-corrected chi connectivity index (χ1v) is 8.30. The van der Waals surface area contributed by atoms with Gasteiger partial charge in [0.15, 0.2) is 0 Å². The first-order valence-electron chi connectivity index (χ1n) is 7.92. The van der Waals surface area contributed by atoms with E-state index in [-0.39, 0.29) is 5.41 Å². The number of halogens is 1. The van der Waals surface area contributed by atoms with Crippen LogP contribution in [0.1, 0.15) is 37.5 Å². The molecule has 0 heterocycles. The van der Waals surface area contributed by atoms with Gasteiger partial charge >= 0.3 is 6.09 Å². The third-order valence-corrected chi connectivity index (χ3v) is 4.43. The third kappa shape index (κ3) is 4.09. The minimum Gasteiger partial charge on any atom is -0.410 e. The standard InChI is InChI=1S/C20H24ClNO2/c1-13-7-8-15(11-14(13)2)22(6)19(23)24-16-9-10-18(21)17(12-16)20(3,4)5/h7-12H,1-6H3. The monoisotopic (exact) mass is 345 g/mol. The molecular weight excluding hydrogens is 322 g/mol. The molecule has 2 aromatic rings. The maximum Gasteiger partial charge on any atom is 0.419 e. The lowest BCUT2D eigenvalue weighted by molar-refractivity contribution is 0.209. The number of hydrogen-bond donors (Lipinski definition) is 0. The summed E-state index contributed by atoms with van der Waals surface area (Å²) in [6, 6.07) is 11.2. The molecule has 3 nitrogen and oxygen atoms in total. The molecule has 0 saturated carbocycles. The molecule has 0 aromatic heterocycles. The number of ether oxygens (including phenoxy) is 1. The van der Waals surface area contributed by atoms with Crippen LogP contribution >= 0.6 is 11.6 Å². The van der Waals surface area contributed by atoms with E-state index in [0.717, 1.165) is 16.8 Å². The number of carbonyl (C=O) groups excluding carboxylic acids is 1. The molecule has 0 atom stereocenters. The van der Waals surface area contributed by atoms with Crippen molar-refractivity contribution in [2.75, 3.05) is 11.9 Å². The van der Waals surface area contributed by atoms with Gasteiger partial charge in [-0.15, -0.1) is 0 Å². The number of carbonyl (C=O) groups is 1. The summed E-state index contributed by atoms with van der Waals surface area (Å²) in [4.78, 5) is 13.9. The largest absolute Gasteiger partial charge is 0.419 e. The summed E-state index contributed by atoms with van der Waals surface area (Å²) in [5.74, 6) is 0.491. The van der Waals surface area contributed by atoms with Gasteiger partial charge in [-0.3, -0.25) is 4.90 Å². The number of rotatable bonds is 2. The maximum atomic E-state index is 12.4. The first-order chi connectivity index (χ1) is 11.1. The smallest absolute Gasteiger partial charge is 0.410 e. The van der Waals surface area contributed by atoms with E-state index in [1.165, 1.54) is 10.5 Å². The Bertz CT molecular complexity index is 763. The van der Waals surface area contributed by atoms with Crippen LogP contribution in [-0.2, 0) is 5.41 Å². The van der Waals surface area contributed by atoms with Crippen LogP contribution in [-0.4, -0.2) is 13.1 Å². The summed E-state index contributed by atoms with van der Waals surface area (Å²) in [6.45, 7) is 10.3. The summed E-state index contributed by atoms with van der Waals surface area (Å²) in [7, 11) is 1.70. The van der Waals surface area contributed by atoms with Crippen LogP contribution in [0, 0.1) is 13.8 Å². The molecule has 2 aromatic carbocycles. The molecule has 0 saturated heterocycles. The van der Waals surface area contributed by atoms with Gasteiger partial charge in [0.2, 0.25) is 0 Å². The van der Waals surface area contributed by atoms with Gasteiger partial charge in [-0.2, -0.15) is 0 Å². The Kier molecular flexibility index (Phi) is 5.24. The molecule has 128 valence electrons. The second-order valence-electron chi connectivity index (χ2n) is 7.09. The predicted octanol–water partition coefficient (Wildman–Crippen LogP) is 5.89. The number of hydrogen-bond acceptors (Lipinski definition) is 2. The molecule has 0 unspecified atom stereocenters. The van der Waals surface area contributed by atoms with E-state index >= 15 is 0 Å². The summed E-state index contributed by atoms with van der Waals surface area (Å²) in [5.41, 5.74) is 3.94. The molecule has 24 heavy (non-hydrogen) atoms. The highest BCUT2D eigenvalue weighted by molar-refractivity contribution is 6.31. The number of amides is 1. The van der Waals surface area contributed by atoms with Crippen molar-refractivity contribution in [3.63, 3.8) is 0 Å². The van der Waals surface area contributed by atoms with E-state index in [1.807, 2.05) is 38.1 Å². The van der Waals surface area contributed by atoms with Crippen molar-refractivity contribution in [2.24, 2.45) is 0 Å². The Morgan fingerprint density at radius 3 is 2.29 bits per heavy atom. The Labute approximate surface area is 149 Å². The summed E-state index contributed by atoms with van der Waals surface area (Å²) in [5, 5.41) is 0.671. The van der Waals surface area contributed by atoms with Crippen LogP contribution in [0.3, 0.4) is 0 Å². The normalized spacial score (nSPS) is 11.3. The van der Waals surface area contributed by atoms with Crippen LogP contribution in [0.5, 0.6) is 5.75 Å². The van der Waals surface area contributed by atoms with Gasteiger partial charge in [-0.1, -0.05) is 38.4 Å². The van der Waals surface area contributed by atoms with Gasteiger partial charge in [-0.25, -0.2) is 4.79 Å². The highest BCUT2D eigenvalue weighted by Crippen LogP contribution is 2.32.